The van der Waals surface area contributed by atoms with Gasteiger partial charge in [0.15, 0.2) is 0 Å². The van der Waals surface area contributed by atoms with E-state index in [1.807, 2.05) is 31.2 Å². The Kier molecular flexibility index (Phi) is 4.59. The van der Waals surface area contributed by atoms with Crippen molar-refractivity contribution in [3.63, 3.8) is 0 Å². The Hall–Kier alpha value is -2.38. The third-order valence-electron chi connectivity index (χ3n) is 3.69. The van der Waals surface area contributed by atoms with E-state index in [-0.39, 0.29) is 23.2 Å². The highest BCUT2D eigenvalue weighted by Crippen LogP contribution is 2.29. The molecule has 1 fully saturated rings. The minimum absolute atomic E-state index is 0.00905. The molecule has 0 spiro atoms. The topological polar surface area (TPSA) is 54.9 Å². The normalized spacial score (nSPS) is 14.5. The smallest absolute Gasteiger partial charge is 0.223 e. The van der Waals surface area contributed by atoms with Crippen molar-refractivity contribution in [1.82, 2.24) is 15.3 Å². The van der Waals surface area contributed by atoms with Crippen LogP contribution in [0.15, 0.2) is 36.7 Å². The van der Waals surface area contributed by atoms with Crippen molar-refractivity contribution in [1.29, 1.82) is 0 Å². The Labute approximate surface area is 140 Å². The zero-order valence-corrected chi connectivity index (χ0v) is 13.5. The summed E-state index contributed by atoms with van der Waals surface area (Å²) < 4.78 is 0. The summed E-state index contributed by atoms with van der Waals surface area (Å²) in [6.07, 6.45) is 5.21. The van der Waals surface area contributed by atoms with Gasteiger partial charge in [0.05, 0.1) is 11.6 Å². The molecular formula is C18H16ClN3O. The number of amides is 1. The minimum atomic E-state index is 0.00905. The first-order valence-electron chi connectivity index (χ1n) is 7.52. The number of nitrogens with one attached hydrogen (secondary N) is 1. The largest absolute Gasteiger partial charge is 0.349 e. The third-order valence-corrected chi connectivity index (χ3v) is 3.88. The highest BCUT2D eigenvalue weighted by Gasteiger charge is 2.30. The van der Waals surface area contributed by atoms with E-state index in [1.54, 1.807) is 12.4 Å². The maximum Gasteiger partial charge on any atom is 0.223 e. The monoisotopic (exact) mass is 325 g/mol. The maximum atomic E-state index is 11.8. The van der Waals surface area contributed by atoms with E-state index in [0.29, 0.717) is 5.56 Å². The molecule has 0 saturated heterocycles. The number of aromatic nitrogens is 2. The number of hydrogen-bond donors (Lipinski definition) is 1. The van der Waals surface area contributed by atoms with Crippen molar-refractivity contribution in [3.05, 3.63) is 58.6 Å². The van der Waals surface area contributed by atoms with Gasteiger partial charge in [-0.25, -0.2) is 9.97 Å². The number of carbonyl (C=O) groups is 1. The fourth-order valence-corrected chi connectivity index (χ4v) is 2.23. The van der Waals surface area contributed by atoms with Gasteiger partial charge in [0.2, 0.25) is 11.2 Å². The summed E-state index contributed by atoms with van der Waals surface area (Å²) in [5, 5.41) is 3.25. The molecule has 0 aliphatic heterocycles. The van der Waals surface area contributed by atoms with E-state index in [1.165, 1.54) is 0 Å². The standard InChI is InChI=1S/C18H16ClN3O/c1-12(22-17(23)16-8-9-16)15-6-4-13(5-7-15)2-3-14-10-20-18(19)21-11-14/h4-7,10-12,16H,8-9H2,1H3,(H,22,23)/t12-/m0/s1. The van der Waals surface area contributed by atoms with Crippen LogP contribution in [-0.2, 0) is 4.79 Å². The van der Waals surface area contributed by atoms with Crippen LogP contribution in [0.1, 0.15) is 42.5 Å². The van der Waals surface area contributed by atoms with Crippen LogP contribution in [0.5, 0.6) is 0 Å². The second-order valence-corrected chi connectivity index (χ2v) is 5.96. The molecule has 4 nitrogen and oxygen atoms in total. The van der Waals surface area contributed by atoms with E-state index in [4.69, 9.17) is 11.6 Å². The Balaban J connectivity index is 1.64. The second kappa shape index (κ2) is 6.80. The van der Waals surface area contributed by atoms with Gasteiger partial charge in [-0.15, -0.1) is 0 Å². The van der Waals surface area contributed by atoms with Gasteiger partial charge in [0.1, 0.15) is 0 Å². The summed E-state index contributed by atoms with van der Waals surface area (Å²) in [6, 6.07) is 7.87. The zero-order chi connectivity index (χ0) is 16.2. The van der Waals surface area contributed by atoms with Crippen molar-refractivity contribution in [2.45, 2.75) is 25.8 Å². The Bertz CT molecular complexity index is 756. The molecule has 1 aliphatic rings. The fourth-order valence-electron chi connectivity index (χ4n) is 2.14. The van der Waals surface area contributed by atoms with Crippen LogP contribution in [0.25, 0.3) is 0 Å². The van der Waals surface area contributed by atoms with Crippen LogP contribution in [0.3, 0.4) is 0 Å². The zero-order valence-electron chi connectivity index (χ0n) is 12.7. The lowest BCUT2D eigenvalue weighted by Crippen LogP contribution is -2.27. The lowest BCUT2D eigenvalue weighted by atomic mass is 10.1. The van der Waals surface area contributed by atoms with Crippen LogP contribution in [0.2, 0.25) is 5.28 Å². The Morgan fingerprint density at radius 1 is 1.17 bits per heavy atom. The number of halogens is 1. The molecule has 0 radical (unpaired) electrons. The molecule has 1 N–H and O–H groups in total. The van der Waals surface area contributed by atoms with Crippen LogP contribution >= 0.6 is 11.6 Å². The summed E-state index contributed by atoms with van der Waals surface area (Å²) in [6.45, 7) is 1.99. The molecule has 1 aromatic carbocycles. The average Bonchev–Trinajstić information content (AvgIpc) is 3.40. The molecule has 0 bridgehead atoms. The maximum absolute atomic E-state index is 11.8. The predicted molar refractivity (Wildman–Crippen MR) is 88.7 cm³/mol. The molecule has 1 atom stereocenters. The minimum Gasteiger partial charge on any atom is -0.349 e. The predicted octanol–water partition coefficient (Wildman–Crippen LogP) is 3.12. The van der Waals surface area contributed by atoms with Crippen LogP contribution in [0.4, 0.5) is 0 Å². The second-order valence-electron chi connectivity index (χ2n) is 5.62. The molecule has 116 valence electrons. The lowest BCUT2D eigenvalue weighted by molar-refractivity contribution is -0.122. The molecule has 1 heterocycles. The first-order chi connectivity index (χ1) is 11.1. The summed E-state index contributed by atoms with van der Waals surface area (Å²) in [5.74, 6) is 6.43. The summed E-state index contributed by atoms with van der Waals surface area (Å²) in [7, 11) is 0. The number of hydrogen-bond acceptors (Lipinski definition) is 3. The summed E-state index contributed by atoms with van der Waals surface area (Å²) >= 11 is 5.63. The van der Waals surface area contributed by atoms with E-state index in [0.717, 1.165) is 24.0 Å². The van der Waals surface area contributed by atoms with E-state index >= 15 is 0 Å². The molecule has 0 unspecified atom stereocenters. The van der Waals surface area contributed by atoms with Gasteiger partial charge >= 0.3 is 0 Å². The molecule has 3 rings (SSSR count). The number of carbonyl (C=O) groups excluding carboxylic acids is 1. The number of benzene rings is 1. The quantitative estimate of drug-likeness (QED) is 0.697. The number of rotatable bonds is 3. The molecular weight excluding hydrogens is 310 g/mol. The molecule has 1 aromatic heterocycles. The van der Waals surface area contributed by atoms with Gasteiger partial charge in [0.25, 0.3) is 0 Å². The van der Waals surface area contributed by atoms with Crippen molar-refractivity contribution in [2.24, 2.45) is 5.92 Å². The van der Waals surface area contributed by atoms with Gasteiger partial charge in [0, 0.05) is 23.9 Å². The molecule has 1 amide bonds. The van der Waals surface area contributed by atoms with E-state index in [9.17, 15) is 4.79 Å². The first kappa shape index (κ1) is 15.5. The highest BCUT2D eigenvalue weighted by molar-refractivity contribution is 6.28. The van der Waals surface area contributed by atoms with Crippen molar-refractivity contribution < 1.29 is 4.79 Å². The molecule has 1 saturated carbocycles. The Morgan fingerprint density at radius 3 is 2.39 bits per heavy atom. The first-order valence-corrected chi connectivity index (χ1v) is 7.89. The summed E-state index contributed by atoms with van der Waals surface area (Å²) in [4.78, 5) is 19.6. The van der Waals surface area contributed by atoms with Gasteiger partial charge in [-0.05, 0) is 49.1 Å². The highest BCUT2D eigenvalue weighted by atomic mass is 35.5. The van der Waals surface area contributed by atoms with Crippen molar-refractivity contribution in [3.8, 4) is 11.8 Å². The van der Waals surface area contributed by atoms with Gasteiger partial charge in [-0.3, -0.25) is 4.79 Å². The number of nitrogens with zero attached hydrogens (tertiary/aromatic N) is 2. The lowest BCUT2D eigenvalue weighted by Gasteiger charge is -2.14. The molecule has 2 aromatic rings. The Morgan fingerprint density at radius 2 is 1.78 bits per heavy atom. The molecule has 1 aliphatic carbocycles. The van der Waals surface area contributed by atoms with Crippen molar-refractivity contribution >= 4 is 17.5 Å². The molecule has 5 heteroatoms. The molecule has 23 heavy (non-hydrogen) atoms. The van der Waals surface area contributed by atoms with Gasteiger partial charge < -0.3 is 5.32 Å². The van der Waals surface area contributed by atoms with Gasteiger partial charge in [-0.2, -0.15) is 0 Å². The SMILES string of the molecule is C[C@H](NC(=O)C1CC1)c1ccc(C#Cc2cnc(Cl)nc2)cc1. The van der Waals surface area contributed by atoms with Crippen molar-refractivity contribution in [2.75, 3.05) is 0 Å². The average molecular weight is 326 g/mol. The summed E-state index contributed by atoms with van der Waals surface area (Å²) in [5.41, 5.74) is 2.67. The van der Waals surface area contributed by atoms with Gasteiger partial charge in [-0.1, -0.05) is 24.0 Å². The van der Waals surface area contributed by atoms with E-state index < -0.39 is 0 Å². The fraction of sp³-hybridized carbons (Fsp3) is 0.278. The van der Waals surface area contributed by atoms with Crippen LogP contribution in [0, 0.1) is 17.8 Å². The van der Waals surface area contributed by atoms with Crippen LogP contribution < -0.4 is 5.32 Å². The van der Waals surface area contributed by atoms with E-state index in [2.05, 4.69) is 27.1 Å². The van der Waals surface area contributed by atoms with Crippen LogP contribution in [-0.4, -0.2) is 15.9 Å². The third kappa shape index (κ3) is 4.30.